The van der Waals surface area contributed by atoms with Gasteiger partial charge in [-0.05, 0) is 13.0 Å². The largest absolute Gasteiger partial charge is 0.384 e. The summed E-state index contributed by atoms with van der Waals surface area (Å²) in [4.78, 5) is 15.2. The van der Waals surface area contributed by atoms with Crippen molar-refractivity contribution in [2.24, 2.45) is 5.73 Å². The fourth-order valence-corrected chi connectivity index (χ4v) is 2.62. The average Bonchev–Trinajstić information content (AvgIpc) is 2.67. The zero-order valence-electron chi connectivity index (χ0n) is 9.95. The second kappa shape index (κ2) is 3.12. The van der Waals surface area contributed by atoms with Crippen molar-refractivity contribution in [3.05, 3.63) is 22.7 Å². The van der Waals surface area contributed by atoms with Gasteiger partial charge >= 0.3 is 5.69 Å². The molecular formula is C10H13FN4O4. The van der Waals surface area contributed by atoms with Crippen LogP contribution in [-0.4, -0.2) is 42.9 Å². The van der Waals surface area contributed by atoms with Crippen molar-refractivity contribution in [2.75, 3.05) is 5.73 Å². The van der Waals surface area contributed by atoms with E-state index < -0.39 is 35.0 Å². The minimum atomic E-state index is -2.68. The first-order valence-corrected chi connectivity index (χ1v) is 5.57. The lowest BCUT2D eigenvalue weighted by Crippen LogP contribution is -2.57. The van der Waals surface area contributed by atoms with Crippen LogP contribution < -0.4 is 17.2 Å². The Morgan fingerprint density at radius 2 is 2.26 bits per heavy atom. The summed E-state index contributed by atoms with van der Waals surface area (Å²) < 4.78 is 20.0. The molecule has 0 amide bonds. The van der Waals surface area contributed by atoms with E-state index in [1.165, 1.54) is 19.2 Å². The van der Waals surface area contributed by atoms with Gasteiger partial charge in [-0.3, -0.25) is 4.57 Å². The summed E-state index contributed by atoms with van der Waals surface area (Å²) in [5, 5.41) is 19.5. The minimum absolute atomic E-state index is 0.00293. The van der Waals surface area contributed by atoms with Crippen molar-refractivity contribution in [3.8, 4) is 0 Å². The Morgan fingerprint density at radius 1 is 1.63 bits per heavy atom. The maximum absolute atomic E-state index is 14.1. The first kappa shape index (κ1) is 12.5. The van der Waals surface area contributed by atoms with E-state index in [1.54, 1.807) is 0 Å². The van der Waals surface area contributed by atoms with E-state index in [4.69, 9.17) is 16.2 Å². The van der Waals surface area contributed by atoms with Gasteiger partial charge in [0.25, 0.3) is 5.85 Å². The van der Waals surface area contributed by atoms with Crippen LogP contribution in [0.2, 0.25) is 0 Å². The Morgan fingerprint density at radius 3 is 2.74 bits per heavy atom. The monoisotopic (exact) mass is 272 g/mol. The molecule has 0 bridgehead atoms. The van der Waals surface area contributed by atoms with Crippen LogP contribution in [0, 0.1) is 0 Å². The van der Waals surface area contributed by atoms with E-state index in [9.17, 15) is 19.4 Å². The first-order chi connectivity index (χ1) is 8.66. The molecular weight excluding hydrogens is 259 g/mol. The quantitative estimate of drug-likeness (QED) is 0.457. The Hall–Kier alpha value is -1.55. The number of nitrogens with two attached hydrogens (primary N) is 2. The third kappa shape index (κ3) is 1.16. The molecule has 2 aliphatic rings. The third-order valence-electron chi connectivity index (χ3n) is 3.91. The van der Waals surface area contributed by atoms with Crippen LogP contribution in [0.5, 0.6) is 0 Å². The lowest BCUT2D eigenvalue weighted by atomic mass is 9.92. The van der Waals surface area contributed by atoms with Gasteiger partial charge in [-0.15, -0.1) is 0 Å². The Balaban J connectivity index is 2.08. The van der Waals surface area contributed by atoms with E-state index in [1.807, 2.05) is 0 Å². The zero-order chi connectivity index (χ0) is 14.2. The molecule has 0 radical (unpaired) electrons. The Labute approximate surface area is 106 Å². The van der Waals surface area contributed by atoms with Gasteiger partial charge < -0.3 is 26.4 Å². The predicted octanol–water partition coefficient (Wildman–Crippen LogP) is -2.16. The molecule has 2 heterocycles. The summed E-state index contributed by atoms with van der Waals surface area (Å²) in [6, 6.07) is 1.32. The second-order valence-corrected chi connectivity index (χ2v) is 5.11. The molecule has 0 aromatic carbocycles. The van der Waals surface area contributed by atoms with Crippen molar-refractivity contribution in [2.45, 2.75) is 36.3 Å². The van der Waals surface area contributed by atoms with Crippen LogP contribution in [0.15, 0.2) is 17.1 Å². The maximum Gasteiger partial charge on any atom is 0.351 e. The van der Waals surface area contributed by atoms with Gasteiger partial charge in [0.1, 0.15) is 5.82 Å². The van der Waals surface area contributed by atoms with E-state index in [0.29, 0.717) is 0 Å². The van der Waals surface area contributed by atoms with Crippen molar-refractivity contribution >= 4 is 5.82 Å². The lowest BCUT2D eigenvalue weighted by molar-refractivity contribution is -0.145. The molecule has 2 fully saturated rings. The summed E-state index contributed by atoms with van der Waals surface area (Å²) in [5.74, 6) is -2.68. The Bertz CT molecular complexity index is 620. The molecule has 1 unspecified atom stereocenters. The number of nitrogens with zero attached hydrogens (tertiary/aromatic N) is 2. The second-order valence-electron chi connectivity index (χ2n) is 5.11. The summed E-state index contributed by atoms with van der Waals surface area (Å²) >= 11 is 0. The number of halogens is 1. The van der Waals surface area contributed by atoms with Crippen molar-refractivity contribution in [3.63, 3.8) is 0 Å². The highest BCUT2D eigenvalue weighted by molar-refractivity contribution is 5.36. The molecule has 104 valence electrons. The molecule has 1 aromatic heterocycles. The lowest BCUT2D eigenvalue weighted by Gasteiger charge is -2.32. The van der Waals surface area contributed by atoms with E-state index in [-0.39, 0.29) is 5.82 Å². The summed E-state index contributed by atoms with van der Waals surface area (Å²) in [6.45, 7) is 1.29. The zero-order valence-corrected chi connectivity index (χ0v) is 9.95. The molecule has 1 aliphatic heterocycles. The number of hydrogen-bond donors (Lipinski definition) is 4. The highest BCUT2D eigenvalue weighted by Gasteiger charge is 2.92. The molecule has 0 spiro atoms. The molecule has 1 aliphatic carbocycles. The molecule has 1 saturated carbocycles. The number of ether oxygens (including phenoxy) is 1. The van der Waals surface area contributed by atoms with Crippen LogP contribution in [0.3, 0.4) is 0 Å². The standard InChI is InChI=1S/C10H13FN4O4/c1-8(13)6(15-3-2-4(12)14-7(15)17)19-10(11)5(16)9(8,10)18/h2-3,5-6,16,18H,13H2,1H3,(H2,12,14,17)/t5?,6-,8+,9+,10-/m1/s1. The van der Waals surface area contributed by atoms with Crippen LogP contribution >= 0.6 is 0 Å². The molecule has 8 nitrogen and oxygen atoms in total. The fraction of sp³-hybridized carbons (Fsp3) is 0.600. The van der Waals surface area contributed by atoms with Gasteiger partial charge in [0, 0.05) is 6.20 Å². The SMILES string of the molecule is C[C@]1(N)[C@H](n2ccc(N)nc2=O)O[C@]2(F)C(O)[C@]12O. The number of fused-ring (bicyclic) bond motifs is 1. The first-order valence-electron chi connectivity index (χ1n) is 5.57. The average molecular weight is 272 g/mol. The number of alkyl halides is 1. The number of hydrogen-bond acceptors (Lipinski definition) is 7. The summed E-state index contributed by atoms with van der Waals surface area (Å²) in [5.41, 5.74) is 6.45. The van der Waals surface area contributed by atoms with Crippen LogP contribution in [0.4, 0.5) is 10.2 Å². The minimum Gasteiger partial charge on any atom is -0.384 e. The highest BCUT2D eigenvalue weighted by Crippen LogP contribution is 2.66. The molecule has 1 aromatic rings. The van der Waals surface area contributed by atoms with Crippen LogP contribution in [0.1, 0.15) is 13.2 Å². The molecule has 6 N–H and O–H groups in total. The normalized spacial score (nSPS) is 48.1. The third-order valence-corrected chi connectivity index (χ3v) is 3.91. The summed E-state index contributed by atoms with van der Waals surface area (Å²) in [6.07, 6.45) is -1.81. The number of rotatable bonds is 1. The van der Waals surface area contributed by atoms with Gasteiger partial charge in [-0.1, -0.05) is 0 Å². The van der Waals surface area contributed by atoms with E-state index in [2.05, 4.69) is 4.98 Å². The number of aliphatic hydroxyl groups excluding tert-OH is 1. The van der Waals surface area contributed by atoms with Gasteiger partial charge in [0.15, 0.2) is 17.9 Å². The number of aromatic nitrogens is 2. The van der Waals surface area contributed by atoms with Crippen molar-refractivity contribution in [1.29, 1.82) is 0 Å². The number of aliphatic hydroxyl groups is 2. The van der Waals surface area contributed by atoms with Crippen LogP contribution in [0.25, 0.3) is 0 Å². The van der Waals surface area contributed by atoms with E-state index >= 15 is 0 Å². The smallest absolute Gasteiger partial charge is 0.351 e. The van der Waals surface area contributed by atoms with Crippen molar-refractivity contribution in [1.82, 2.24) is 9.55 Å². The van der Waals surface area contributed by atoms with Gasteiger partial charge in [-0.25, -0.2) is 9.18 Å². The number of anilines is 1. The maximum atomic E-state index is 14.1. The molecule has 1 saturated heterocycles. The molecule has 9 heteroatoms. The molecule has 3 rings (SSSR count). The topological polar surface area (TPSA) is 137 Å². The van der Waals surface area contributed by atoms with Gasteiger partial charge in [-0.2, -0.15) is 4.98 Å². The summed E-state index contributed by atoms with van der Waals surface area (Å²) in [7, 11) is 0. The van der Waals surface area contributed by atoms with Crippen LogP contribution in [-0.2, 0) is 4.74 Å². The Kier molecular flexibility index (Phi) is 2.05. The number of nitrogen functional groups attached to an aromatic ring is 1. The highest BCUT2D eigenvalue weighted by atomic mass is 19.2. The van der Waals surface area contributed by atoms with Gasteiger partial charge in [0.2, 0.25) is 0 Å². The van der Waals surface area contributed by atoms with E-state index in [0.717, 1.165) is 4.57 Å². The molecule has 19 heavy (non-hydrogen) atoms. The van der Waals surface area contributed by atoms with Crippen molar-refractivity contribution < 1.29 is 19.3 Å². The molecule has 5 atom stereocenters. The predicted molar refractivity (Wildman–Crippen MR) is 60.4 cm³/mol. The van der Waals surface area contributed by atoms with Gasteiger partial charge in [0.05, 0.1) is 5.54 Å². The fourth-order valence-electron chi connectivity index (χ4n) is 2.62.